The Kier molecular flexibility index (Phi) is 4.62. The van der Waals surface area contributed by atoms with Gasteiger partial charge in [0.25, 0.3) is 0 Å². The Morgan fingerprint density at radius 1 is 1.00 bits per heavy atom. The summed E-state index contributed by atoms with van der Waals surface area (Å²) in [5.74, 6) is -0.745. The number of benzene rings is 1. The Morgan fingerprint density at radius 2 is 1.45 bits per heavy atom. The van der Waals surface area contributed by atoms with Gasteiger partial charge in [0.2, 0.25) is 0 Å². The molecule has 0 radical (unpaired) electrons. The highest BCUT2D eigenvalue weighted by molar-refractivity contribution is 5.67. The van der Waals surface area contributed by atoms with Crippen LogP contribution in [0, 0.1) is 37.8 Å². The summed E-state index contributed by atoms with van der Waals surface area (Å²) in [6, 6.07) is 0.0958. The number of hydrogen-bond acceptors (Lipinski definition) is 1. The van der Waals surface area contributed by atoms with E-state index in [9.17, 15) is 8.78 Å². The molecule has 0 aliphatic carbocycles. The summed E-state index contributed by atoms with van der Waals surface area (Å²) >= 11 is 0. The highest BCUT2D eigenvalue weighted by Gasteiger charge is 2.24. The van der Waals surface area contributed by atoms with Crippen LogP contribution in [0.3, 0.4) is 0 Å². The quantitative estimate of drug-likeness (QED) is 0.832. The zero-order chi connectivity index (χ0) is 15.8. The molecular weight excluding hydrogens is 256 g/mol. The van der Waals surface area contributed by atoms with Crippen LogP contribution in [-0.2, 0) is 0 Å². The topological polar surface area (TPSA) is 12.0 Å². The van der Waals surface area contributed by atoms with Crippen molar-refractivity contribution in [1.29, 1.82) is 0 Å². The lowest BCUT2D eigenvalue weighted by atomic mass is 9.87. The zero-order valence-electron chi connectivity index (χ0n) is 13.5. The molecule has 0 aromatic heterocycles. The van der Waals surface area contributed by atoms with Gasteiger partial charge in [-0.1, -0.05) is 27.4 Å². The molecular formula is C17H25F2N. The number of rotatable bonds is 3. The third-order valence-corrected chi connectivity index (χ3v) is 4.14. The maximum Gasteiger partial charge on any atom is 0.136 e. The minimum atomic E-state index is -0.389. The molecule has 112 valence electrons. The zero-order valence-corrected chi connectivity index (χ0v) is 13.5. The van der Waals surface area contributed by atoms with Crippen LogP contribution in [-0.4, -0.2) is 6.04 Å². The molecule has 3 heteroatoms. The molecule has 0 aliphatic heterocycles. The normalized spacial score (nSPS) is 13.2. The molecule has 1 atom stereocenters. The maximum absolute atomic E-state index is 14.4. The molecule has 1 rings (SSSR count). The standard InChI is InChI=1S/C17H25F2N/c1-9-10(2)16(19)14(11(3)15(9)18)12(4)20-13(5)17(6,7)8/h13,20H,4H2,1-3,5-8H3. The van der Waals surface area contributed by atoms with Crippen molar-refractivity contribution in [3.05, 3.63) is 40.5 Å². The molecule has 1 aromatic carbocycles. The average Bonchev–Trinajstić information content (AvgIpc) is 2.33. The van der Waals surface area contributed by atoms with E-state index in [2.05, 4.69) is 32.7 Å². The van der Waals surface area contributed by atoms with Gasteiger partial charge in [-0.25, -0.2) is 8.78 Å². The molecule has 0 heterocycles. The van der Waals surface area contributed by atoms with Gasteiger partial charge in [-0.15, -0.1) is 0 Å². The first-order valence-electron chi connectivity index (χ1n) is 6.89. The van der Waals surface area contributed by atoms with Crippen LogP contribution in [0.4, 0.5) is 8.78 Å². The van der Waals surface area contributed by atoms with Crippen LogP contribution in [0.1, 0.15) is 49.9 Å². The van der Waals surface area contributed by atoms with Crippen LogP contribution in [0.2, 0.25) is 0 Å². The first-order chi connectivity index (χ1) is 8.98. The lowest BCUT2D eigenvalue weighted by Crippen LogP contribution is -2.36. The second-order valence-electron chi connectivity index (χ2n) is 6.59. The molecule has 0 amide bonds. The molecule has 0 bridgehead atoms. The number of nitrogens with one attached hydrogen (secondary N) is 1. The fraction of sp³-hybridized carbons (Fsp3) is 0.529. The van der Waals surface area contributed by atoms with Crippen molar-refractivity contribution >= 4 is 5.70 Å². The van der Waals surface area contributed by atoms with Crippen LogP contribution >= 0.6 is 0 Å². The highest BCUT2D eigenvalue weighted by atomic mass is 19.1. The van der Waals surface area contributed by atoms with E-state index in [4.69, 9.17) is 0 Å². The van der Waals surface area contributed by atoms with Crippen molar-refractivity contribution in [1.82, 2.24) is 5.32 Å². The van der Waals surface area contributed by atoms with E-state index in [1.165, 1.54) is 0 Å². The number of halogens is 2. The summed E-state index contributed by atoms with van der Waals surface area (Å²) in [4.78, 5) is 0. The second kappa shape index (κ2) is 5.55. The van der Waals surface area contributed by atoms with Crippen molar-refractivity contribution in [2.24, 2.45) is 5.41 Å². The van der Waals surface area contributed by atoms with Crippen LogP contribution in [0.15, 0.2) is 6.58 Å². The predicted octanol–water partition coefficient (Wildman–Crippen LogP) is 4.88. The lowest BCUT2D eigenvalue weighted by Gasteiger charge is -2.30. The second-order valence-corrected chi connectivity index (χ2v) is 6.59. The van der Waals surface area contributed by atoms with Gasteiger partial charge in [0.15, 0.2) is 0 Å². The summed E-state index contributed by atoms with van der Waals surface area (Å²) in [5.41, 5.74) is 1.70. The summed E-state index contributed by atoms with van der Waals surface area (Å²) in [5, 5.41) is 3.19. The molecule has 0 spiro atoms. The minimum absolute atomic E-state index is 0.00556. The van der Waals surface area contributed by atoms with E-state index < -0.39 is 0 Å². The predicted molar refractivity (Wildman–Crippen MR) is 81.7 cm³/mol. The smallest absolute Gasteiger partial charge is 0.136 e. The third-order valence-electron chi connectivity index (χ3n) is 4.14. The molecule has 0 aliphatic rings. The SMILES string of the molecule is C=C(NC(C)C(C)(C)C)c1c(C)c(F)c(C)c(C)c1F. The lowest BCUT2D eigenvalue weighted by molar-refractivity contribution is 0.312. The van der Waals surface area contributed by atoms with Gasteiger partial charge >= 0.3 is 0 Å². The van der Waals surface area contributed by atoms with E-state index in [0.29, 0.717) is 22.4 Å². The molecule has 20 heavy (non-hydrogen) atoms. The van der Waals surface area contributed by atoms with Gasteiger partial charge in [0.1, 0.15) is 11.6 Å². The van der Waals surface area contributed by atoms with Crippen LogP contribution in [0.25, 0.3) is 5.70 Å². The Balaban J connectivity index is 3.25. The van der Waals surface area contributed by atoms with Gasteiger partial charge < -0.3 is 5.32 Å². The van der Waals surface area contributed by atoms with Gasteiger partial charge in [-0.3, -0.25) is 0 Å². The van der Waals surface area contributed by atoms with Gasteiger partial charge in [-0.2, -0.15) is 0 Å². The van der Waals surface area contributed by atoms with Crippen molar-refractivity contribution in [2.75, 3.05) is 0 Å². The summed E-state index contributed by atoms with van der Waals surface area (Å²) in [7, 11) is 0. The minimum Gasteiger partial charge on any atom is -0.382 e. The van der Waals surface area contributed by atoms with E-state index >= 15 is 0 Å². The Hall–Kier alpha value is -1.38. The molecule has 0 saturated heterocycles. The molecule has 1 nitrogen and oxygen atoms in total. The monoisotopic (exact) mass is 281 g/mol. The molecule has 0 saturated carbocycles. The molecule has 1 aromatic rings. The van der Waals surface area contributed by atoms with Crippen LogP contribution in [0.5, 0.6) is 0 Å². The Morgan fingerprint density at radius 3 is 1.90 bits per heavy atom. The van der Waals surface area contributed by atoms with E-state index in [1.54, 1.807) is 20.8 Å². The van der Waals surface area contributed by atoms with E-state index in [0.717, 1.165) is 0 Å². The number of hydrogen-bond donors (Lipinski definition) is 1. The van der Waals surface area contributed by atoms with E-state index in [1.807, 2.05) is 6.92 Å². The third kappa shape index (κ3) is 3.02. The maximum atomic E-state index is 14.4. The average molecular weight is 281 g/mol. The first kappa shape index (κ1) is 16.7. The summed E-state index contributed by atoms with van der Waals surface area (Å²) in [6.45, 7) is 16.9. The molecule has 1 N–H and O–H groups in total. The van der Waals surface area contributed by atoms with Gasteiger partial charge in [0.05, 0.1) is 0 Å². The van der Waals surface area contributed by atoms with E-state index in [-0.39, 0.29) is 28.7 Å². The Bertz CT molecular complexity index is 510. The van der Waals surface area contributed by atoms with Gasteiger partial charge in [-0.05, 0) is 49.8 Å². The van der Waals surface area contributed by atoms with Crippen molar-refractivity contribution in [2.45, 2.75) is 54.5 Å². The fourth-order valence-corrected chi connectivity index (χ4v) is 1.98. The van der Waals surface area contributed by atoms with Crippen LogP contribution < -0.4 is 5.32 Å². The van der Waals surface area contributed by atoms with Crippen molar-refractivity contribution in [3.63, 3.8) is 0 Å². The fourth-order valence-electron chi connectivity index (χ4n) is 1.98. The molecule has 1 unspecified atom stereocenters. The Labute approximate surface area is 121 Å². The highest BCUT2D eigenvalue weighted by Crippen LogP contribution is 2.29. The first-order valence-corrected chi connectivity index (χ1v) is 6.89. The largest absolute Gasteiger partial charge is 0.382 e. The van der Waals surface area contributed by atoms with Gasteiger partial charge in [0, 0.05) is 17.3 Å². The summed E-state index contributed by atoms with van der Waals surface area (Å²) in [6.07, 6.45) is 0. The van der Waals surface area contributed by atoms with Crippen molar-refractivity contribution in [3.8, 4) is 0 Å². The summed E-state index contributed by atoms with van der Waals surface area (Å²) < 4.78 is 28.6. The molecule has 0 fully saturated rings. The van der Waals surface area contributed by atoms with Crippen molar-refractivity contribution < 1.29 is 8.78 Å².